The first-order valence-corrected chi connectivity index (χ1v) is 5.41. The molecule has 118 valence electrons. The zero-order chi connectivity index (χ0) is 16.3. The van der Waals surface area contributed by atoms with Crippen LogP contribution in [0.5, 0.6) is 0 Å². The Balaban J connectivity index is 5.48. The maximum absolute atomic E-state index is 12.7. The summed E-state index contributed by atoms with van der Waals surface area (Å²) < 4.78 is 75.7. The molecular weight excluding hydrogens is 298 g/mol. The van der Waals surface area contributed by atoms with Crippen LogP contribution in [0, 0.1) is 17.8 Å². The van der Waals surface area contributed by atoms with Crippen molar-refractivity contribution in [3.8, 4) is 0 Å². The Morgan fingerprint density at radius 1 is 0.900 bits per heavy atom. The molecule has 0 fully saturated rings. The third-order valence-electron chi connectivity index (χ3n) is 2.85. The van der Waals surface area contributed by atoms with Crippen molar-refractivity contribution in [1.29, 1.82) is 0 Å². The number of carbonyl (C=O) groups is 2. The molecule has 0 aliphatic heterocycles. The molecule has 0 bridgehead atoms. The molecule has 0 heterocycles. The zero-order valence-corrected chi connectivity index (χ0v) is 10.1. The summed E-state index contributed by atoms with van der Waals surface area (Å²) in [4.78, 5) is 21.1. The van der Waals surface area contributed by atoms with Crippen molar-refractivity contribution in [3.63, 3.8) is 0 Å². The Hall–Kier alpha value is -1.48. The summed E-state index contributed by atoms with van der Waals surface area (Å²) in [5.41, 5.74) is 0. The van der Waals surface area contributed by atoms with Crippen molar-refractivity contribution in [2.75, 3.05) is 0 Å². The minimum atomic E-state index is -5.35. The second-order valence-electron chi connectivity index (χ2n) is 4.17. The van der Waals surface area contributed by atoms with Crippen LogP contribution in [0.4, 0.5) is 26.3 Å². The fourth-order valence-electron chi connectivity index (χ4n) is 1.83. The van der Waals surface area contributed by atoms with Crippen molar-refractivity contribution in [2.24, 2.45) is 17.8 Å². The van der Waals surface area contributed by atoms with Crippen molar-refractivity contribution >= 4 is 11.9 Å². The number of aliphatic carboxylic acids is 2. The summed E-state index contributed by atoms with van der Waals surface area (Å²) in [6.45, 7) is 0.868. The number of halogens is 6. The first kappa shape index (κ1) is 18.5. The van der Waals surface area contributed by atoms with E-state index in [-0.39, 0.29) is 0 Å². The van der Waals surface area contributed by atoms with Crippen LogP contribution in [-0.4, -0.2) is 34.5 Å². The van der Waals surface area contributed by atoms with E-state index in [1.54, 1.807) is 0 Å². The molecule has 0 amide bonds. The van der Waals surface area contributed by atoms with Gasteiger partial charge < -0.3 is 10.2 Å². The lowest BCUT2D eigenvalue weighted by molar-refractivity contribution is -0.258. The molecule has 0 saturated carbocycles. The molecule has 0 rings (SSSR count). The topological polar surface area (TPSA) is 74.6 Å². The van der Waals surface area contributed by atoms with E-state index in [0.717, 1.165) is 6.92 Å². The van der Waals surface area contributed by atoms with E-state index in [0.29, 0.717) is 0 Å². The molecule has 0 radical (unpaired) electrons. The van der Waals surface area contributed by atoms with Crippen LogP contribution in [-0.2, 0) is 9.59 Å². The van der Waals surface area contributed by atoms with Crippen LogP contribution in [0.25, 0.3) is 0 Å². The maximum Gasteiger partial charge on any atom is 0.392 e. The smallest absolute Gasteiger partial charge is 0.392 e. The van der Waals surface area contributed by atoms with Crippen molar-refractivity contribution in [2.45, 2.75) is 32.1 Å². The summed E-state index contributed by atoms with van der Waals surface area (Å²) in [7, 11) is 0. The van der Waals surface area contributed by atoms with Gasteiger partial charge in [-0.1, -0.05) is 6.92 Å². The molecule has 2 N–H and O–H groups in total. The fraction of sp³-hybridized carbons (Fsp3) is 0.800. The van der Waals surface area contributed by atoms with E-state index >= 15 is 0 Å². The van der Waals surface area contributed by atoms with Gasteiger partial charge >= 0.3 is 24.3 Å². The summed E-state index contributed by atoms with van der Waals surface area (Å²) in [5, 5.41) is 17.0. The van der Waals surface area contributed by atoms with Crippen molar-refractivity contribution in [3.05, 3.63) is 0 Å². The van der Waals surface area contributed by atoms with Crippen LogP contribution < -0.4 is 0 Å². The average molecular weight is 310 g/mol. The van der Waals surface area contributed by atoms with Gasteiger partial charge in [0.2, 0.25) is 0 Å². The standard InChI is InChI=1S/C10H12F6O4/c1-2-5(9(11,12)13)6(10(14,15)16)3-4(7(17)18)8(19)20/h4-6H,2-3H2,1H3,(H,17,18)(H,19,20). The van der Waals surface area contributed by atoms with Gasteiger partial charge in [-0.25, -0.2) is 0 Å². The number of carboxylic acids is 2. The van der Waals surface area contributed by atoms with Gasteiger partial charge in [0.15, 0.2) is 5.92 Å². The van der Waals surface area contributed by atoms with Crippen LogP contribution >= 0.6 is 0 Å². The molecule has 0 aromatic carbocycles. The quantitative estimate of drug-likeness (QED) is 0.584. The molecule has 10 heteroatoms. The van der Waals surface area contributed by atoms with Crippen molar-refractivity contribution in [1.82, 2.24) is 0 Å². The molecule has 2 atom stereocenters. The molecule has 0 saturated heterocycles. The monoisotopic (exact) mass is 310 g/mol. The average Bonchev–Trinajstić information content (AvgIpc) is 2.18. The maximum atomic E-state index is 12.7. The van der Waals surface area contributed by atoms with E-state index in [9.17, 15) is 35.9 Å². The zero-order valence-electron chi connectivity index (χ0n) is 10.1. The van der Waals surface area contributed by atoms with E-state index in [1.165, 1.54) is 0 Å². The lowest BCUT2D eigenvalue weighted by Crippen LogP contribution is -2.41. The van der Waals surface area contributed by atoms with Gasteiger partial charge in [0.25, 0.3) is 0 Å². The van der Waals surface area contributed by atoms with Gasteiger partial charge in [-0.05, 0) is 12.8 Å². The highest BCUT2D eigenvalue weighted by molar-refractivity contribution is 5.92. The van der Waals surface area contributed by atoms with Gasteiger partial charge in [-0.3, -0.25) is 9.59 Å². The number of rotatable bonds is 6. The summed E-state index contributed by atoms with van der Waals surface area (Å²) in [6.07, 6.45) is -13.1. The summed E-state index contributed by atoms with van der Waals surface area (Å²) in [5.74, 6) is -12.7. The van der Waals surface area contributed by atoms with Gasteiger partial charge in [0, 0.05) is 0 Å². The Morgan fingerprint density at radius 3 is 1.45 bits per heavy atom. The number of hydrogen-bond acceptors (Lipinski definition) is 2. The highest BCUT2D eigenvalue weighted by Gasteiger charge is 2.55. The summed E-state index contributed by atoms with van der Waals surface area (Å²) in [6, 6.07) is 0. The minimum Gasteiger partial charge on any atom is -0.481 e. The van der Waals surface area contributed by atoms with E-state index < -0.39 is 54.9 Å². The molecule has 0 spiro atoms. The normalized spacial score (nSPS) is 16.0. The predicted molar refractivity (Wildman–Crippen MR) is 52.8 cm³/mol. The molecule has 0 aliphatic rings. The first-order valence-electron chi connectivity index (χ1n) is 5.41. The Bertz CT molecular complexity index is 348. The van der Waals surface area contributed by atoms with Crippen LogP contribution in [0.3, 0.4) is 0 Å². The van der Waals surface area contributed by atoms with Gasteiger partial charge in [-0.15, -0.1) is 0 Å². The highest BCUT2D eigenvalue weighted by atomic mass is 19.4. The van der Waals surface area contributed by atoms with Gasteiger partial charge in [0.1, 0.15) is 0 Å². The third-order valence-corrected chi connectivity index (χ3v) is 2.85. The number of hydrogen-bond donors (Lipinski definition) is 2. The van der Waals surface area contributed by atoms with Crippen molar-refractivity contribution < 1.29 is 46.1 Å². The number of alkyl halides is 6. The second-order valence-corrected chi connectivity index (χ2v) is 4.17. The number of carboxylic acid groups (broad SMARTS) is 2. The predicted octanol–water partition coefficient (Wildman–Crippen LogP) is 2.93. The largest absolute Gasteiger partial charge is 0.481 e. The highest BCUT2D eigenvalue weighted by Crippen LogP contribution is 2.45. The van der Waals surface area contributed by atoms with Crippen LogP contribution in [0.1, 0.15) is 19.8 Å². The van der Waals surface area contributed by atoms with Gasteiger partial charge in [0.05, 0.1) is 11.8 Å². The molecule has 0 aliphatic carbocycles. The van der Waals surface area contributed by atoms with E-state index in [1.807, 2.05) is 0 Å². The van der Waals surface area contributed by atoms with Crippen LogP contribution in [0.15, 0.2) is 0 Å². The lowest BCUT2D eigenvalue weighted by Gasteiger charge is -2.30. The molecular formula is C10H12F6O4. The first-order chi connectivity index (χ1) is 8.82. The second kappa shape index (κ2) is 6.31. The molecule has 20 heavy (non-hydrogen) atoms. The minimum absolute atomic E-state index is 0.868. The fourth-order valence-corrected chi connectivity index (χ4v) is 1.83. The Labute approximate surface area is 109 Å². The molecule has 0 aromatic heterocycles. The van der Waals surface area contributed by atoms with Crippen LogP contribution in [0.2, 0.25) is 0 Å². The summed E-state index contributed by atoms with van der Waals surface area (Å²) >= 11 is 0. The Kier molecular flexibility index (Phi) is 5.85. The third kappa shape index (κ3) is 4.89. The van der Waals surface area contributed by atoms with E-state index in [2.05, 4.69) is 0 Å². The molecule has 0 aromatic rings. The molecule has 4 nitrogen and oxygen atoms in total. The van der Waals surface area contributed by atoms with Gasteiger partial charge in [-0.2, -0.15) is 26.3 Å². The SMILES string of the molecule is CCC(C(CC(C(=O)O)C(=O)O)C(F)(F)F)C(F)(F)F. The van der Waals surface area contributed by atoms with E-state index in [4.69, 9.17) is 10.2 Å². The molecule has 2 unspecified atom stereocenters. The lowest BCUT2D eigenvalue weighted by atomic mass is 9.82. The Morgan fingerprint density at radius 2 is 1.25 bits per heavy atom.